The number of rotatable bonds is 5. The molecule has 0 saturated carbocycles. The third-order valence-corrected chi connectivity index (χ3v) is 4.48. The predicted molar refractivity (Wildman–Crippen MR) is 90.7 cm³/mol. The molecule has 0 aromatic carbocycles. The van der Waals surface area contributed by atoms with Gasteiger partial charge in [0.2, 0.25) is 0 Å². The smallest absolute Gasteiger partial charge is 0.130 e. The number of likely N-dealkylation sites (N-methyl/N-ethyl adjacent to an activating group) is 1. The van der Waals surface area contributed by atoms with Gasteiger partial charge < -0.3 is 10.2 Å². The van der Waals surface area contributed by atoms with Crippen molar-refractivity contribution in [2.75, 3.05) is 45.1 Å². The molecule has 6 heteroatoms. The summed E-state index contributed by atoms with van der Waals surface area (Å²) < 4.78 is 0.832. The quantitative estimate of drug-likeness (QED) is 0.820. The standard InChI is InChI=1S/C15H26BrN5/c1-11(2)13(21-7-5-20(4)6-8-21)10-17-15-9-14(16)18-12(3)19-15/h9,11,13H,5-8,10H2,1-4H3,(H,17,18,19). The van der Waals surface area contributed by atoms with Crippen LogP contribution in [0.1, 0.15) is 19.7 Å². The summed E-state index contributed by atoms with van der Waals surface area (Å²) in [5.74, 6) is 2.30. The van der Waals surface area contributed by atoms with Crippen LogP contribution in [0.3, 0.4) is 0 Å². The Morgan fingerprint density at radius 2 is 1.90 bits per heavy atom. The van der Waals surface area contributed by atoms with Crippen molar-refractivity contribution >= 4 is 21.7 Å². The maximum atomic E-state index is 4.44. The molecule has 0 bridgehead atoms. The van der Waals surface area contributed by atoms with Gasteiger partial charge in [-0.3, -0.25) is 4.90 Å². The molecule has 1 aliphatic rings. The zero-order valence-corrected chi connectivity index (χ0v) is 15.0. The molecule has 1 fully saturated rings. The highest BCUT2D eigenvalue weighted by atomic mass is 79.9. The van der Waals surface area contributed by atoms with Crippen LogP contribution in [0.15, 0.2) is 10.7 Å². The van der Waals surface area contributed by atoms with E-state index in [2.05, 4.69) is 61.9 Å². The fraction of sp³-hybridized carbons (Fsp3) is 0.733. The van der Waals surface area contributed by atoms with Gasteiger partial charge in [0, 0.05) is 44.8 Å². The van der Waals surface area contributed by atoms with Crippen molar-refractivity contribution in [3.05, 3.63) is 16.5 Å². The van der Waals surface area contributed by atoms with Gasteiger partial charge in [-0.15, -0.1) is 0 Å². The molecule has 0 aliphatic carbocycles. The average molecular weight is 356 g/mol. The van der Waals surface area contributed by atoms with E-state index in [-0.39, 0.29) is 0 Å². The number of anilines is 1. The van der Waals surface area contributed by atoms with E-state index in [9.17, 15) is 0 Å². The summed E-state index contributed by atoms with van der Waals surface area (Å²) in [4.78, 5) is 13.7. The Bertz CT molecular complexity index is 437. The van der Waals surface area contributed by atoms with E-state index in [0.29, 0.717) is 12.0 Å². The van der Waals surface area contributed by atoms with E-state index >= 15 is 0 Å². The summed E-state index contributed by atoms with van der Waals surface area (Å²) in [5.41, 5.74) is 0. The number of piperazine rings is 1. The molecule has 1 saturated heterocycles. The van der Waals surface area contributed by atoms with Crippen molar-refractivity contribution in [3.8, 4) is 0 Å². The SMILES string of the molecule is Cc1nc(Br)cc(NCC(C(C)C)N2CCN(C)CC2)n1. The van der Waals surface area contributed by atoms with Crippen molar-refractivity contribution in [3.63, 3.8) is 0 Å². The number of aromatic nitrogens is 2. The summed E-state index contributed by atoms with van der Waals surface area (Å²) in [6.45, 7) is 12.0. The first kappa shape index (κ1) is 16.6. The maximum absolute atomic E-state index is 4.44. The molecular weight excluding hydrogens is 330 g/mol. The fourth-order valence-corrected chi connectivity index (χ4v) is 3.24. The Kier molecular flexibility index (Phi) is 5.96. The molecule has 5 nitrogen and oxygen atoms in total. The lowest BCUT2D eigenvalue weighted by atomic mass is 10.0. The van der Waals surface area contributed by atoms with Gasteiger partial charge in [0.1, 0.15) is 16.2 Å². The second-order valence-corrected chi connectivity index (χ2v) is 6.97. The van der Waals surface area contributed by atoms with Crippen LogP contribution in [0.5, 0.6) is 0 Å². The summed E-state index contributed by atoms with van der Waals surface area (Å²) in [7, 11) is 2.20. The predicted octanol–water partition coefficient (Wildman–Crippen LogP) is 2.23. The summed E-state index contributed by atoms with van der Waals surface area (Å²) in [6.07, 6.45) is 0. The van der Waals surface area contributed by atoms with Crippen LogP contribution < -0.4 is 5.32 Å². The van der Waals surface area contributed by atoms with Gasteiger partial charge in [-0.05, 0) is 35.8 Å². The molecule has 1 atom stereocenters. The summed E-state index contributed by atoms with van der Waals surface area (Å²) in [6, 6.07) is 2.47. The van der Waals surface area contributed by atoms with E-state index in [1.807, 2.05) is 13.0 Å². The Balaban J connectivity index is 1.96. The van der Waals surface area contributed by atoms with E-state index < -0.39 is 0 Å². The first-order valence-electron chi connectivity index (χ1n) is 7.63. The molecule has 0 radical (unpaired) electrons. The van der Waals surface area contributed by atoms with Gasteiger partial charge in [-0.2, -0.15) is 0 Å². The van der Waals surface area contributed by atoms with Crippen LogP contribution >= 0.6 is 15.9 Å². The minimum Gasteiger partial charge on any atom is -0.368 e. The molecule has 1 aromatic heterocycles. The number of nitrogens with zero attached hydrogens (tertiary/aromatic N) is 4. The van der Waals surface area contributed by atoms with Gasteiger partial charge in [0.05, 0.1) is 0 Å². The van der Waals surface area contributed by atoms with E-state index in [1.54, 1.807) is 0 Å². The molecule has 0 spiro atoms. The molecule has 2 heterocycles. The summed E-state index contributed by atoms with van der Waals surface area (Å²) >= 11 is 3.43. The van der Waals surface area contributed by atoms with Crippen LogP contribution in [0.2, 0.25) is 0 Å². The second-order valence-electron chi connectivity index (χ2n) is 6.15. The van der Waals surface area contributed by atoms with E-state index in [4.69, 9.17) is 0 Å². The van der Waals surface area contributed by atoms with Crippen molar-refractivity contribution in [1.82, 2.24) is 19.8 Å². The highest BCUT2D eigenvalue weighted by Crippen LogP contribution is 2.16. The highest BCUT2D eigenvalue weighted by Gasteiger charge is 2.24. The lowest BCUT2D eigenvalue weighted by Crippen LogP contribution is -2.52. The molecule has 118 valence electrons. The lowest BCUT2D eigenvalue weighted by Gasteiger charge is -2.40. The summed E-state index contributed by atoms with van der Waals surface area (Å²) in [5, 5.41) is 3.48. The maximum Gasteiger partial charge on any atom is 0.130 e. The molecule has 1 unspecified atom stereocenters. The van der Waals surface area contributed by atoms with Gasteiger partial charge in [-0.1, -0.05) is 13.8 Å². The Morgan fingerprint density at radius 3 is 2.48 bits per heavy atom. The first-order chi connectivity index (χ1) is 9.95. The minimum atomic E-state index is 0.535. The second kappa shape index (κ2) is 7.51. The zero-order chi connectivity index (χ0) is 15.4. The van der Waals surface area contributed by atoms with Crippen LogP contribution in [0, 0.1) is 12.8 Å². The largest absolute Gasteiger partial charge is 0.368 e. The normalized spacial score (nSPS) is 19.0. The number of aryl methyl sites for hydroxylation is 1. The molecule has 1 N–H and O–H groups in total. The van der Waals surface area contributed by atoms with Crippen molar-refractivity contribution in [2.24, 2.45) is 5.92 Å². The number of hydrogen-bond donors (Lipinski definition) is 1. The zero-order valence-electron chi connectivity index (χ0n) is 13.4. The van der Waals surface area contributed by atoms with Crippen molar-refractivity contribution in [1.29, 1.82) is 0 Å². The van der Waals surface area contributed by atoms with Crippen LogP contribution in [0.4, 0.5) is 5.82 Å². The van der Waals surface area contributed by atoms with E-state index in [0.717, 1.165) is 49.0 Å². The Morgan fingerprint density at radius 1 is 1.24 bits per heavy atom. The minimum absolute atomic E-state index is 0.535. The Labute approximate surface area is 136 Å². The molecule has 1 aromatic rings. The molecule has 1 aliphatic heterocycles. The number of hydrogen-bond acceptors (Lipinski definition) is 5. The first-order valence-corrected chi connectivity index (χ1v) is 8.42. The number of halogens is 1. The monoisotopic (exact) mass is 355 g/mol. The van der Waals surface area contributed by atoms with Crippen LogP contribution in [0.25, 0.3) is 0 Å². The van der Waals surface area contributed by atoms with Crippen LogP contribution in [-0.2, 0) is 0 Å². The third kappa shape index (κ3) is 4.90. The van der Waals surface area contributed by atoms with Crippen molar-refractivity contribution < 1.29 is 0 Å². The molecule has 0 amide bonds. The van der Waals surface area contributed by atoms with Gasteiger partial charge in [0.25, 0.3) is 0 Å². The average Bonchev–Trinajstić information content (AvgIpc) is 2.39. The molecular formula is C15H26BrN5. The topological polar surface area (TPSA) is 44.3 Å². The van der Waals surface area contributed by atoms with E-state index in [1.165, 1.54) is 0 Å². The highest BCUT2D eigenvalue weighted by molar-refractivity contribution is 9.10. The van der Waals surface area contributed by atoms with Gasteiger partial charge >= 0.3 is 0 Å². The molecule has 21 heavy (non-hydrogen) atoms. The third-order valence-electron chi connectivity index (χ3n) is 4.08. The fourth-order valence-electron chi connectivity index (χ4n) is 2.77. The lowest BCUT2D eigenvalue weighted by molar-refractivity contribution is 0.0944. The van der Waals surface area contributed by atoms with Gasteiger partial charge in [0.15, 0.2) is 0 Å². The van der Waals surface area contributed by atoms with Crippen LogP contribution in [-0.4, -0.2) is 65.6 Å². The number of nitrogens with one attached hydrogen (secondary N) is 1. The van der Waals surface area contributed by atoms with Crippen molar-refractivity contribution in [2.45, 2.75) is 26.8 Å². The van der Waals surface area contributed by atoms with Gasteiger partial charge in [-0.25, -0.2) is 9.97 Å². The Hall–Kier alpha value is -0.720. The molecule has 2 rings (SSSR count).